The maximum absolute atomic E-state index is 13.6. The van der Waals surface area contributed by atoms with Gasteiger partial charge in [-0.15, -0.1) is 10.2 Å². The average Bonchev–Trinajstić information content (AvgIpc) is 3.12. The summed E-state index contributed by atoms with van der Waals surface area (Å²) in [6.07, 6.45) is 0. The van der Waals surface area contributed by atoms with Crippen LogP contribution in [0.15, 0.2) is 53.7 Å². The van der Waals surface area contributed by atoms with Crippen molar-refractivity contribution in [1.82, 2.24) is 19.8 Å². The molecule has 0 atom stereocenters. The lowest BCUT2D eigenvalue weighted by Crippen LogP contribution is -2.32. The summed E-state index contributed by atoms with van der Waals surface area (Å²) in [7, 11) is 1.69. The van der Waals surface area contributed by atoms with Crippen molar-refractivity contribution < 1.29 is 18.7 Å². The number of hydrogen-bond donors (Lipinski definition) is 1. The third kappa shape index (κ3) is 6.50. The Morgan fingerprint density at radius 1 is 1.19 bits per heavy atom. The van der Waals surface area contributed by atoms with E-state index in [1.165, 1.54) is 16.8 Å². The molecule has 3 rings (SSSR count). The summed E-state index contributed by atoms with van der Waals surface area (Å²) < 4.78 is 25.8. The Morgan fingerprint density at radius 2 is 1.94 bits per heavy atom. The van der Waals surface area contributed by atoms with Gasteiger partial charge in [0.15, 0.2) is 17.4 Å². The van der Waals surface area contributed by atoms with E-state index >= 15 is 0 Å². The van der Waals surface area contributed by atoms with Gasteiger partial charge in [0, 0.05) is 12.1 Å². The molecule has 0 aliphatic rings. The summed E-state index contributed by atoms with van der Waals surface area (Å²) >= 11 is 6.98. The molecule has 2 N–H and O–H groups in total. The van der Waals surface area contributed by atoms with Crippen LogP contribution in [-0.2, 0) is 11.4 Å². The molecule has 0 saturated heterocycles. The Labute approximate surface area is 188 Å². The van der Waals surface area contributed by atoms with E-state index in [-0.39, 0.29) is 24.0 Å². The van der Waals surface area contributed by atoms with Crippen LogP contribution in [0.3, 0.4) is 0 Å². The summed E-state index contributed by atoms with van der Waals surface area (Å²) in [5.74, 6) is 6.58. The fourth-order valence-electron chi connectivity index (χ4n) is 2.40. The quantitative estimate of drug-likeness (QED) is 0.363. The second-order valence-electron chi connectivity index (χ2n) is 6.39. The van der Waals surface area contributed by atoms with Crippen molar-refractivity contribution in [2.24, 2.45) is 0 Å². The molecule has 0 radical (unpaired) electrons. The van der Waals surface area contributed by atoms with Crippen LogP contribution < -0.4 is 15.3 Å². The van der Waals surface area contributed by atoms with Gasteiger partial charge in [0.25, 0.3) is 0 Å². The van der Waals surface area contributed by atoms with Crippen molar-refractivity contribution >= 4 is 29.3 Å². The number of nitrogens with zero attached hydrogens (tertiary/aromatic N) is 4. The minimum Gasteiger partial charge on any atom is -0.492 e. The number of nitrogen functional groups attached to an aromatic ring is 1. The van der Waals surface area contributed by atoms with Crippen molar-refractivity contribution in [3.8, 4) is 11.5 Å². The number of benzene rings is 2. The van der Waals surface area contributed by atoms with Gasteiger partial charge in [-0.1, -0.05) is 35.5 Å². The Bertz CT molecular complexity index is 1020. The van der Waals surface area contributed by atoms with E-state index in [9.17, 15) is 9.18 Å². The number of thioether (sulfide) groups is 1. The van der Waals surface area contributed by atoms with Crippen LogP contribution in [0.2, 0.25) is 5.02 Å². The lowest BCUT2D eigenvalue weighted by molar-refractivity contribution is -0.127. The molecule has 1 heterocycles. The van der Waals surface area contributed by atoms with Crippen LogP contribution >= 0.6 is 23.4 Å². The van der Waals surface area contributed by atoms with Gasteiger partial charge < -0.3 is 20.2 Å². The van der Waals surface area contributed by atoms with Gasteiger partial charge in [-0.05, 0) is 36.4 Å². The van der Waals surface area contributed by atoms with Gasteiger partial charge in [0.1, 0.15) is 19.0 Å². The fourth-order valence-corrected chi connectivity index (χ4v) is 3.34. The summed E-state index contributed by atoms with van der Waals surface area (Å²) in [5.41, 5.74) is 0. The Kier molecular flexibility index (Phi) is 7.96. The summed E-state index contributed by atoms with van der Waals surface area (Å²) in [4.78, 5) is 13.9. The molecule has 0 saturated carbocycles. The zero-order chi connectivity index (χ0) is 22.2. The van der Waals surface area contributed by atoms with E-state index < -0.39 is 5.82 Å². The van der Waals surface area contributed by atoms with Crippen molar-refractivity contribution in [2.45, 2.75) is 11.8 Å². The summed E-state index contributed by atoms with van der Waals surface area (Å²) in [6, 6.07) is 13.0. The molecule has 0 aliphatic heterocycles. The van der Waals surface area contributed by atoms with Crippen LogP contribution in [0.25, 0.3) is 0 Å². The van der Waals surface area contributed by atoms with Crippen LogP contribution in [0.4, 0.5) is 4.39 Å². The van der Waals surface area contributed by atoms with E-state index in [2.05, 4.69) is 10.2 Å². The molecule has 1 aromatic heterocycles. The first kappa shape index (κ1) is 22.7. The number of hydrogen-bond acceptors (Lipinski definition) is 7. The van der Waals surface area contributed by atoms with E-state index in [0.29, 0.717) is 34.9 Å². The SMILES string of the molecule is CN(CCOc1ccc(Cl)cc1)C(=O)CSc1nnc(COc2ccccc2F)n1N. The number of aromatic nitrogens is 3. The second kappa shape index (κ2) is 10.9. The number of ether oxygens (including phenoxy) is 2. The predicted molar refractivity (Wildman–Crippen MR) is 116 cm³/mol. The van der Waals surface area contributed by atoms with E-state index in [1.54, 1.807) is 48.3 Å². The standard InChI is InChI=1S/C20H21ClFN5O3S/c1-26(10-11-29-15-8-6-14(21)7-9-15)19(28)13-31-20-25-24-18(27(20)23)12-30-17-5-3-2-4-16(17)22/h2-9H,10-13,23H2,1H3. The van der Waals surface area contributed by atoms with Crippen molar-refractivity contribution in [1.29, 1.82) is 0 Å². The molecule has 3 aromatic rings. The fraction of sp³-hybridized carbons (Fsp3) is 0.250. The number of carbonyl (C=O) groups is 1. The minimum absolute atomic E-state index is 0.0547. The normalized spacial score (nSPS) is 10.7. The molecular formula is C20H21ClFN5O3S. The topological polar surface area (TPSA) is 95.5 Å². The van der Waals surface area contributed by atoms with Crippen LogP contribution in [0.1, 0.15) is 5.82 Å². The van der Waals surface area contributed by atoms with Crippen LogP contribution in [-0.4, -0.2) is 51.6 Å². The summed E-state index contributed by atoms with van der Waals surface area (Å²) in [6.45, 7) is 0.707. The maximum Gasteiger partial charge on any atom is 0.232 e. The highest BCUT2D eigenvalue weighted by Crippen LogP contribution is 2.19. The molecule has 31 heavy (non-hydrogen) atoms. The van der Waals surface area contributed by atoms with Gasteiger partial charge in [-0.3, -0.25) is 4.79 Å². The Balaban J connectivity index is 1.43. The molecule has 0 unspecified atom stereocenters. The van der Waals surface area contributed by atoms with Gasteiger partial charge in [0.05, 0.1) is 12.3 Å². The number of likely N-dealkylation sites (N-methyl/N-ethyl adjacent to an activating group) is 1. The van der Waals surface area contributed by atoms with Gasteiger partial charge in [0.2, 0.25) is 11.1 Å². The van der Waals surface area contributed by atoms with Gasteiger partial charge in [-0.25, -0.2) is 9.07 Å². The molecule has 1 amide bonds. The largest absolute Gasteiger partial charge is 0.492 e. The first-order chi connectivity index (χ1) is 14.9. The molecule has 8 nitrogen and oxygen atoms in total. The number of halogens is 2. The molecule has 0 bridgehead atoms. The van der Waals surface area contributed by atoms with Crippen LogP contribution in [0.5, 0.6) is 11.5 Å². The van der Waals surface area contributed by atoms with Gasteiger partial charge >= 0.3 is 0 Å². The predicted octanol–water partition coefficient (Wildman–Crippen LogP) is 2.99. The zero-order valence-electron chi connectivity index (χ0n) is 16.7. The molecule has 0 spiro atoms. The third-order valence-electron chi connectivity index (χ3n) is 4.19. The average molecular weight is 466 g/mol. The van der Waals surface area contributed by atoms with E-state index in [4.69, 9.17) is 26.9 Å². The highest BCUT2D eigenvalue weighted by molar-refractivity contribution is 7.99. The monoisotopic (exact) mass is 465 g/mol. The zero-order valence-corrected chi connectivity index (χ0v) is 18.3. The Hall–Kier alpha value is -2.98. The Morgan fingerprint density at radius 3 is 2.68 bits per heavy atom. The lowest BCUT2D eigenvalue weighted by atomic mass is 10.3. The molecule has 11 heteroatoms. The van der Waals surface area contributed by atoms with Crippen molar-refractivity contribution in [2.75, 3.05) is 31.8 Å². The number of rotatable bonds is 10. The number of amides is 1. The first-order valence-electron chi connectivity index (χ1n) is 9.26. The highest BCUT2D eigenvalue weighted by Gasteiger charge is 2.15. The number of para-hydroxylation sites is 1. The highest BCUT2D eigenvalue weighted by atomic mass is 35.5. The minimum atomic E-state index is -0.478. The smallest absolute Gasteiger partial charge is 0.232 e. The second-order valence-corrected chi connectivity index (χ2v) is 7.77. The molecular weight excluding hydrogens is 445 g/mol. The molecule has 2 aromatic carbocycles. The van der Waals surface area contributed by atoms with E-state index in [1.807, 2.05) is 0 Å². The molecule has 0 aliphatic carbocycles. The number of nitrogens with two attached hydrogens (primary N) is 1. The lowest BCUT2D eigenvalue weighted by Gasteiger charge is -2.17. The van der Waals surface area contributed by atoms with Gasteiger partial charge in [-0.2, -0.15) is 0 Å². The summed E-state index contributed by atoms with van der Waals surface area (Å²) in [5, 5.41) is 8.88. The van der Waals surface area contributed by atoms with Crippen LogP contribution in [0, 0.1) is 5.82 Å². The van der Waals surface area contributed by atoms with Crippen molar-refractivity contribution in [3.05, 3.63) is 65.2 Å². The van der Waals surface area contributed by atoms with Crippen molar-refractivity contribution in [3.63, 3.8) is 0 Å². The molecule has 0 fully saturated rings. The maximum atomic E-state index is 13.6. The molecule has 164 valence electrons. The third-order valence-corrected chi connectivity index (χ3v) is 5.37. The number of carbonyl (C=O) groups excluding carboxylic acids is 1. The van der Waals surface area contributed by atoms with E-state index in [0.717, 1.165) is 11.8 Å². The first-order valence-corrected chi connectivity index (χ1v) is 10.6.